The summed E-state index contributed by atoms with van der Waals surface area (Å²) in [5.74, 6) is 0.205. The fraction of sp³-hybridized carbons (Fsp3) is 0.381. The van der Waals surface area contributed by atoms with Gasteiger partial charge in [0.1, 0.15) is 0 Å². The zero-order valence-corrected chi connectivity index (χ0v) is 18.8. The van der Waals surface area contributed by atoms with Crippen LogP contribution in [0.2, 0.25) is 0 Å². The van der Waals surface area contributed by atoms with Crippen molar-refractivity contribution in [1.82, 2.24) is 4.31 Å². The van der Waals surface area contributed by atoms with Crippen molar-refractivity contribution in [3.05, 3.63) is 54.1 Å². The summed E-state index contributed by atoms with van der Waals surface area (Å²) in [4.78, 5) is 12.8. The highest BCUT2D eigenvalue weighted by molar-refractivity contribution is 7.90. The average molecular weight is 451 g/mol. The molecule has 0 radical (unpaired) electrons. The van der Waals surface area contributed by atoms with Crippen LogP contribution < -0.4 is 5.32 Å². The second kappa shape index (κ2) is 8.49. The molecule has 1 fully saturated rings. The van der Waals surface area contributed by atoms with E-state index in [1.807, 2.05) is 13.8 Å². The number of sulfone groups is 1. The topological polar surface area (TPSA) is 101 Å². The van der Waals surface area contributed by atoms with Crippen LogP contribution in [0.3, 0.4) is 0 Å². The lowest BCUT2D eigenvalue weighted by Gasteiger charge is -2.34. The molecule has 1 amide bonds. The summed E-state index contributed by atoms with van der Waals surface area (Å²) in [6.45, 7) is 5.10. The lowest BCUT2D eigenvalue weighted by atomic mass is 9.94. The molecule has 2 atom stereocenters. The minimum Gasteiger partial charge on any atom is -0.322 e. The van der Waals surface area contributed by atoms with Crippen molar-refractivity contribution in [2.75, 3.05) is 24.7 Å². The van der Waals surface area contributed by atoms with Crippen LogP contribution in [-0.2, 0) is 19.9 Å². The molecular formula is C21H26N2O5S2. The molecule has 1 aliphatic heterocycles. The number of carbonyl (C=O) groups is 1. The van der Waals surface area contributed by atoms with Gasteiger partial charge in [-0.15, -0.1) is 0 Å². The van der Waals surface area contributed by atoms with E-state index in [-0.39, 0.29) is 9.79 Å². The van der Waals surface area contributed by atoms with Crippen LogP contribution in [0.1, 0.15) is 30.6 Å². The van der Waals surface area contributed by atoms with Crippen LogP contribution in [0.4, 0.5) is 5.69 Å². The molecule has 1 N–H and O–H groups in total. The van der Waals surface area contributed by atoms with Crippen molar-refractivity contribution in [3.63, 3.8) is 0 Å². The fourth-order valence-corrected chi connectivity index (χ4v) is 6.03. The van der Waals surface area contributed by atoms with E-state index in [1.54, 1.807) is 0 Å². The second-order valence-corrected chi connectivity index (χ2v) is 12.0. The number of hydrogen-bond acceptors (Lipinski definition) is 5. The summed E-state index contributed by atoms with van der Waals surface area (Å²) in [6, 6.07) is 11.7. The van der Waals surface area contributed by atoms with E-state index >= 15 is 0 Å². The van der Waals surface area contributed by atoms with Crippen LogP contribution in [0, 0.1) is 11.8 Å². The van der Waals surface area contributed by atoms with E-state index in [0.717, 1.165) is 12.7 Å². The Kier molecular flexibility index (Phi) is 6.35. The van der Waals surface area contributed by atoms with Gasteiger partial charge >= 0.3 is 0 Å². The smallest absolute Gasteiger partial charge is 0.255 e. The summed E-state index contributed by atoms with van der Waals surface area (Å²) in [6.07, 6.45) is 2.12. The third-order valence-corrected chi connectivity index (χ3v) is 8.10. The molecule has 2 aromatic carbocycles. The average Bonchev–Trinajstić information content (AvgIpc) is 2.67. The fourth-order valence-electron chi connectivity index (χ4n) is 3.72. The molecule has 30 heavy (non-hydrogen) atoms. The molecule has 0 bridgehead atoms. The van der Waals surface area contributed by atoms with E-state index in [9.17, 15) is 21.6 Å². The van der Waals surface area contributed by atoms with Gasteiger partial charge in [0.05, 0.1) is 9.79 Å². The van der Waals surface area contributed by atoms with E-state index in [4.69, 9.17) is 0 Å². The van der Waals surface area contributed by atoms with Gasteiger partial charge in [-0.25, -0.2) is 16.8 Å². The van der Waals surface area contributed by atoms with E-state index in [1.165, 1.54) is 52.8 Å². The predicted molar refractivity (Wildman–Crippen MR) is 116 cm³/mol. The first-order chi connectivity index (χ1) is 14.0. The molecule has 0 aromatic heterocycles. The number of nitrogens with zero attached hydrogens (tertiary/aromatic N) is 1. The van der Waals surface area contributed by atoms with Gasteiger partial charge < -0.3 is 5.32 Å². The molecule has 2 aromatic rings. The monoisotopic (exact) mass is 450 g/mol. The van der Waals surface area contributed by atoms with Crippen LogP contribution in [0.5, 0.6) is 0 Å². The van der Waals surface area contributed by atoms with Crippen LogP contribution in [0.15, 0.2) is 58.3 Å². The van der Waals surface area contributed by atoms with Crippen molar-refractivity contribution in [1.29, 1.82) is 0 Å². The Morgan fingerprint density at radius 3 is 1.87 bits per heavy atom. The van der Waals surface area contributed by atoms with E-state index in [0.29, 0.717) is 36.2 Å². The summed E-state index contributed by atoms with van der Waals surface area (Å²) < 4.78 is 50.4. The number of carbonyl (C=O) groups excluding carboxylic acids is 1. The molecular weight excluding hydrogens is 424 g/mol. The van der Waals surface area contributed by atoms with Crippen molar-refractivity contribution in [3.8, 4) is 0 Å². The Balaban J connectivity index is 1.72. The van der Waals surface area contributed by atoms with Gasteiger partial charge in [0.2, 0.25) is 10.0 Å². The van der Waals surface area contributed by atoms with Gasteiger partial charge in [-0.1, -0.05) is 13.8 Å². The van der Waals surface area contributed by atoms with E-state index in [2.05, 4.69) is 5.32 Å². The first-order valence-electron chi connectivity index (χ1n) is 9.68. The molecule has 0 aliphatic carbocycles. The predicted octanol–water partition coefficient (Wildman–Crippen LogP) is 3.01. The Morgan fingerprint density at radius 1 is 0.867 bits per heavy atom. The third kappa shape index (κ3) is 5.08. The quantitative estimate of drug-likeness (QED) is 0.755. The highest BCUT2D eigenvalue weighted by atomic mass is 32.2. The number of benzene rings is 2. The number of amides is 1. The molecule has 1 heterocycles. The first-order valence-corrected chi connectivity index (χ1v) is 13.0. The minimum atomic E-state index is -3.60. The molecule has 0 saturated carbocycles. The van der Waals surface area contributed by atoms with Crippen LogP contribution in [0.25, 0.3) is 0 Å². The van der Waals surface area contributed by atoms with Crippen molar-refractivity contribution in [2.24, 2.45) is 11.8 Å². The zero-order chi connectivity index (χ0) is 22.1. The lowest BCUT2D eigenvalue weighted by Crippen LogP contribution is -2.42. The second-order valence-electron chi connectivity index (χ2n) is 8.04. The molecule has 1 saturated heterocycles. The summed E-state index contributed by atoms with van der Waals surface area (Å²) in [7, 11) is -6.91. The van der Waals surface area contributed by atoms with Gasteiger partial charge in [-0.3, -0.25) is 4.79 Å². The maximum atomic E-state index is 12.9. The van der Waals surface area contributed by atoms with Gasteiger partial charge in [-0.05, 0) is 66.8 Å². The standard InChI is InChI=1S/C21H26N2O5S2/c1-15-12-16(2)14-23(13-15)30(27,28)20-8-4-17(5-9-20)21(24)22-18-6-10-19(11-7-18)29(3,25)26/h4-11,15-16H,12-14H2,1-3H3,(H,22,24). The zero-order valence-electron chi connectivity index (χ0n) is 17.2. The first kappa shape index (κ1) is 22.5. The molecule has 9 heteroatoms. The molecule has 0 spiro atoms. The van der Waals surface area contributed by atoms with Crippen molar-refractivity contribution < 1.29 is 21.6 Å². The summed E-state index contributed by atoms with van der Waals surface area (Å²) in [5, 5.41) is 2.68. The van der Waals surface area contributed by atoms with Gasteiger partial charge in [0.25, 0.3) is 5.91 Å². The summed E-state index contributed by atoms with van der Waals surface area (Å²) >= 11 is 0. The Bertz CT molecular complexity index is 1110. The van der Waals surface area contributed by atoms with Gasteiger partial charge in [-0.2, -0.15) is 4.31 Å². The normalized spacial score (nSPS) is 20.6. The molecule has 2 unspecified atom stereocenters. The number of anilines is 1. The molecule has 1 aliphatic rings. The highest BCUT2D eigenvalue weighted by Gasteiger charge is 2.31. The lowest BCUT2D eigenvalue weighted by molar-refractivity contribution is 0.102. The van der Waals surface area contributed by atoms with Crippen LogP contribution >= 0.6 is 0 Å². The van der Waals surface area contributed by atoms with E-state index < -0.39 is 25.8 Å². The molecule has 3 rings (SSSR count). The number of sulfonamides is 1. The van der Waals surface area contributed by atoms with Gasteiger partial charge in [0.15, 0.2) is 9.84 Å². The Morgan fingerprint density at radius 2 is 1.37 bits per heavy atom. The molecule has 7 nitrogen and oxygen atoms in total. The highest BCUT2D eigenvalue weighted by Crippen LogP contribution is 2.27. The van der Waals surface area contributed by atoms with Gasteiger partial charge in [0, 0.05) is 30.6 Å². The number of piperidine rings is 1. The Hall–Kier alpha value is -2.23. The largest absolute Gasteiger partial charge is 0.322 e. The maximum absolute atomic E-state index is 12.9. The third-order valence-electron chi connectivity index (χ3n) is 5.13. The van der Waals surface area contributed by atoms with Crippen molar-refractivity contribution >= 4 is 31.5 Å². The Labute approximate surface area is 178 Å². The summed E-state index contributed by atoms with van der Waals surface area (Å²) in [5.41, 5.74) is 0.752. The molecule has 162 valence electrons. The number of nitrogens with one attached hydrogen (secondary N) is 1. The SMILES string of the molecule is CC1CC(C)CN(S(=O)(=O)c2ccc(C(=O)Nc3ccc(S(C)(=O)=O)cc3)cc2)C1. The number of rotatable bonds is 5. The number of hydrogen-bond donors (Lipinski definition) is 1. The minimum absolute atomic E-state index is 0.163. The van der Waals surface area contributed by atoms with Crippen molar-refractivity contribution in [2.45, 2.75) is 30.1 Å². The maximum Gasteiger partial charge on any atom is 0.255 e. The van der Waals surface area contributed by atoms with Crippen LogP contribution in [-0.4, -0.2) is 46.4 Å².